The Kier molecular flexibility index (Phi) is 19.3. The van der Waals surface area contributed by atoms with Crippen LogP contribution in [0.2, 0.25) is 0 Å². The van der Waals surface area contributed by atoms with Gasteiger partial charge < -0.3 is 28.4 Å². The zero-order valence-corrected chi connectivity index (χ0v) is 35.8. The number of esters is 3. The Hall–Kier alpha value is -5.04. The van der Waals surface area contributed by atoms with Crippen molar-refractivity contribution in [2.75, 3.05) is 21.3 Å². The van der Waals surface area contributed by atoms with Gasteiger partial charge in [-0.15, -0.1) is 0 Å². The average Bonchev–Trinajstić information content (AvgIpc) is 3.27. The highest BCUT2D eigenvalue weighted by atomic mass is 16.6. The van der Waals surface area contributed by atoms with Gasteiger partial charge in [-0.2, -0.15) is 0 Å². The number of ether oxygens (including phenoxy) is 6. The minimum atomic E-state index is -0.406. The van der Waals surface area contributed by atoms with Crippen LogP contribution in [0.25, 0.3) is 0 Å². The van der Waals surface area contributed by atoms with E-state index in [4.69, 9.17) is 28.4 Å². The molecule has 0 N–H and O–H groups in total. The van der Waals surface area contributed by atoms with Crippen molar-refractivity contribution in [3.05, 3.63) is 106 Å². The minimum Gasteiger partial charge on any atom is -0.459 e. The number of Topliss-reactive ketones (excluding diaryl/α,β-unsaturated/α-hetero) is 3. The van der Waals surface area contributed by atoms with E-state index in [-0.39, 0.29) is 64.1 Å². The summed E-state index contributed by atoms with van der Waals surface area (Å²) in [5.41, 5.74) is 2.83. The van der Waals surface area contributed by atoms with Crippen molar-refractivity contribution >= 4 is 35.3 Å². The number of ketones is 3. The van der Waals surface area contributed by atoms with Crippen LogP contribution in [0.3, 0.4) is 0 Å². The molecule has 3 aromatic carbocycles. The van der Waals surface area contributed by atoms with Crippen molar-refractivity contribution in [3.8, 4) is 0 Å². The van der Waals surface area contributed by atoms with Crippen molar-refractivity contribution in [1.29, 1.82) is 0 Å². The largest absolute Gasteiger partial charge is 0.459 e. The third-order valence-corrected chi connectivity index (χ3v) is 11.2. The van der Waals surface area contributed by atoms with Gasteiger partial charge in [0.1, 0.15) is 18.3 Å². The number of rotatable bonds is 12. The Morgan fingerprint density at radius 2 is 0.733 bits per heavy atom. The lowest BCUT2D eigenvalue weighted by Gasteiger charge is -2.27. The van der Waals surface area contributed by atoms with Crippen LogP contribution in [0.1, 0.15) is 164 Å². The summed E-state index contributed by atoms with van der Waals surface area (Å²) in [6.45, 7) is 4.44. The molecule has 12 heteroatoms. The smallest absolute Gasteiger partial charge is 0.339 e. The van der Waals surface area contributed by atoms with E-state index in [9.17, 15) is 28.8 Å². The third-order valence-electron chi connectivity index (χ3n) is 11.2. The van der Waals surface area contributed by atoms with Crippen LogP contribution < -0.4 is 0 Å². The van der Waals surface area contributed by atoms with Crippen molar-refractivity contribution in [2.45, 2.75) is 134 Å². The predicted molar refractivity (Wildman–Crippen MR) is 231 cm³/mol. The van der Waals surface area contributed by atoms with Gasteiger partial charge in [0.2, 0.25) is 0 Å². The number of hydrogen-bond acceptors (Lipinski definition) is 12. The van der Waals surface area contributed by atoms with E-state index in [2.05, 4.69) is 0 Å². The van der Waals surface area contributed by atoms with E-state index in [0.717, 1.165) is 77.0 Å². The van der Waals surface area contributed by atoms with Crippen molar-refractivity contribution in [1.82, 2.24) is 0 Å². The zero-order valence-electron chi connectivity index (χ0n) is 35.8. The molecule has 3 aromatic rings. The first-order valence-corrected chi connectivity index (χ1v) is 20.8. The molecule has 0 heterocycles. The number of hydrogen-bond donors (Lipinski definition) is 0. The van der Waals surface area contributed by atoms with Gasteiger partial charge in [0, 0.05) is 42.3 Å². The monoisotopic (exact) mass is 834 g/mol. The molecule has 0 aliphatic heterocycles. The topological polar surface area (TPSA) is 158 Å². The van der Waals surface area contributed by atoms with E-state index in [1.165, 1.54) is 20.8 Å². The Bertz CT molecular complexity index is 1900. The summed E-state index contributed by atoms with van der Waals surface area (Å²) in [5.74, 6) is -1.27. The first kappa shape index (κ1) is 47.6. The van der Waals surface area contributed by atoms with Crippen LogP contribution in [0.15, 0.2) is 72.8 Å². The third kappa shape index (κ3) is 14.9. The molecule has 60 heavy (non-hydrogen) atoms. The van der Waals surface area contributed by atoms with E-state index >= 15 is 0 Å². The average molecular weight is 835 g/mol. The van der Waals surface area contributed by atoms with E-state index < -0.39 is 5.97 Å². The van der Waals surface area contributed by atoms with Crippen LogP contribution in [-0.4, -0.2) is 93.2 Å². The summed E-state index contributed by atoms with van der Waals surface area (Å²) in [6.07, 6.45) is 11.2. The molecule has 0 spiro atoms. The fourth-order valence-corrected chi connectivity index (χ4v) is 7.49. The van der Waals surface area contributed by atoms with Gasteiger partial charge in [0.15, 0.2) is 17.3 Å². The second-order valence-corrected chi connectivity index (χ2v) is 15.5. The summed E-state index contributed by atoms with van der Waals surface area (Å²) in [7, 11) is 5.14. The first-order valence-electron chi connectivity index (χ1n) is 20.8. The number of carbonyl (C=O) groups is 6. The molecule has 0 aromatic heterocycles. The van der Waals surface area contributed by atoms with Crippen molar-refractivity contribution in [2.24, 2.45) is 0 Å². The normalized spacial score (nSPS) is 22.3. The maximum absolute atomic E-state index is 12.2. The zero-order chi connectivity index (χ0) is 43.6. The van der Waals surface area contributed by atoms with Gasteiger partial charge in [-0.1, -0.05) is 42.5 Å². The molecular weight excluding hydrogens is 769 g/mol. The molecule has 6 rings (SSSR count). The first-order chi connectivity index (χ1) is 28.8. The number of methoxy groups -OCH3 is 3. The van der Waals surface area contributed by atoms with Crippen LogP contribution in [-0.2, 0) is 28.4 Å². The lowest BCUT2D eigenvalue weighted by Crippen LogP contribution is -2.28. The molecule has 3 aliphatic carbocycles. The van der Waals surface area contributed by atoms with Gasteiger partial charge in [-0.25, -0.2) is 14.4 Å². The quantitative estimate of drug-likeness (QED) is 0.0968. The molecule has 0 bridgehead atoms. The molecular formula is C48H66O12. The Morgan fingerprint density at radius 1 is 0.383 bits per heavy atom. The predicted octanol–water partition coefficient (Wildman–Crippen LogP) is 9.75. The van der Waals surface area contributed by atoms with Crippen LogP contribution >= 0.6 is 0 Å². The number of carbonyl (C=O) groups excluding carboxylic acids is 6. The van der Waals surface area contributed by atoms with Crippen LogP contribution in [0, 0.1) is 0 Å². The Morgan fingerprint density at radius 3 is 1.13 bits per heavy atom. The van der Waals surface area contributed by atoms with Gasteiger partial charge in [-0.05, 0) is 128 Å². The summed E-state index contributed by atoms with van der Waals surface area (Å²) in [5, 5.41) is 0. The molecule has 3 saturated carbocycles. The second-order valence-electron chi connectivity index (χ2n) is 15.5. The molecule has 0 amide bonds. The van der Waals surface area contributed by atoms with Gasteiger partial charge in [-0.3, -0.25) is 14.4 Å². The SMILES string of the molecule is COC1CCC(OC(=O)c2ccc(C(C)=O)cc2)CC1.COC1CCC(OC(=O)c2cccc(C(C)=O)c2)CC1.COC1CCC(OC(=O)c2ccccc2C(C)=O)CC1.[HH].[HH].[HH]. The Labute approximate surface area is 358 Å². The summed E-state index contributed by atoms with van der Waals surface area (Å²) in [6, 6.07) is 20.0. The lowest BCUT2D eigenvalue weighted by atomic mass is 9.95. The van der Waals surface area contributed by atoms with Crippen LogP contribution in [0.4, 0.5) is 0 Å². The van der Waals surface area contributed by atoms with E-state index in [1.807, 2.05) is 0 Å². The fourth-order valence-electron chi connectivity index (χ4n) is 7.49. The molecule has 3 aliphatic rings. The highest BCUT2D eigenvalue weighted by molar-refractivity contribution is 6.05. The standard InChI is InChI=1S/3C16H20O4.3H2/c1-11(17)12-3-5-13(6-4-12)16(18)20-15-9-7-14(19-2)8-10-15;1-11(17)12-4-3-5-13(10-12)16(18)20-15-8-6-14(19-2)7-9-15;1-11(17)14-5-3-4-6-15(14)16(18)20-13-9-7-12(19-2)8-10-13;;;/h3-6,14-15H,7-10H2,1-2H3;3-5,10,14-15H,6-9H2,1-2H3;3-6,12-13H,7-10H2,1-2H3;3*1H. The molecule has 3 fully saturated rings. The second kappa shape index (κ2) is 24.3. The molecule has 330 valence electrons. The van der Waals surface area contributed by atoms with Gasteiger partial charge >= 0.3 is 17.9 Å². The fraction of sp³-hybridized carbons (Fsp3) is 0.500. The minimum absolute atomic E-state index is 0. The lowest BCUT2D eigenvalue weighted by molar-refractivity contribution is -0.00579. The van der Waals surface area contributed by atoms with Crippen molar-refractivity contribution in [3.63, 3.8) is 0 Å². The highest BCUT2D eigenvalue weighted by Crippen LogP contribution is 2.26. The maximum Gasteiger partial charge on any atom is 0.339 e. The molecule has 0 atom stereocenters. The molecule has 0 unspecified atom stereocenters. The van der Waals surface area contributed by atoms with Crippen LogP contribution in [0.5, 0.6) is 0 Å². The van der Waals surface area contributed by atoms with Gasteiger partial charge in [0.05, 0.1) is 35.0 Å². The van der Waals surface area contributed by atoms with E-state index in [0.29, 0.717) is 39.5 Å². The van der Waals surface area contributed by atoms with Crippen molar-refractivity contribution < 1.29 is 61.5 Å². The van der Waals surface area contributed by atoms with Gasteiger partial charge in [0.25, 0.3) is 0 Å². The molecule has 12 nitrogen and oxygen atoms in total. The molecule has 0 saturated heterocycles. The highest BCUT2D eigenvalue weighted by Gasteiger charge is 2.27. The summed E-state index contributed by atoms with van der Waals surface area (Å²) < 4.78 is 32.4. The Balaban J connectivity index is 0.000000462. The summed E-state index contributed by atoms with van der Waals surface area (Å²) in [4.78, 5) is 70.3. The van der Waals surface area contributed by atoms with E-state index in [1.54, 1.807) is 94.1 Å². The number of benzene rings is 3. The maximum atomic E-state index is 12.2. The summed E-state index contributed by atoms with van der Waals surface area (Å²) >= 11 is 0. The molecule has 0 radical (unpaired) electrons.